The lowest BCUT2D eigenvalue weighted by molar-refractivity contribution is -0.153. The lowest BCUT2D eigenvalue weighted by Crippen LogP contribution is -2.47. The highest BCUT2D eigenvalue weighted by Gasteiger charge is 2.48. The molecule has 4 atom stereocenters. The van der Waals surface area contributed by atoms with E-state index in [0.717, 1.165) is 19.3 Å². The summed E-state index contributed by atoms with van der Waals surface area (Å²) in [5, 5.41) is 31.0. The van der Waals surface area contributed by atoms with Gasteiger partial charge in [-0.05, 0) is 6.42 Å². The van der Waals surface area contributed by atoms with Gasteiger partial charge in [0.05, 0.1) is 0 Å². The standard InChI is InChI=1S/C14H25NO6/c1-2-3-4-5-6-7-8-15-13(19)11(18)12-9(16)10(17)14(20)21-12/h9-12,16-18H,2-8H2,1H3,(H,15,19)/t9-,10+,11-,12+/m1/s1. The zero-order chi connectivity index (χ0) is 15.8. The first-order chi connectivity index (χ1) is 9.99. The smallest absolute Gasteiger partial charge is 0.338 e. The molecule has 1 fully saturated rings. The minimum atomic E-state index is -1.71. The summed E-state index contributed by atoms with van der Waals surface area (Å²) in [4.78, 5) is 22.7. The zero-order valence-corrected chi connectivity index (χ0v) is 12.3. The maximum Gasteiger partial charge on any atom is 0.338 e. The van der Waals surface area contributed by atoms with Crippen molar-refractivity contribution in [2.45, 2.75) is 69.9 Å². The normalized spacial score (nSPS) is 26.5. The first kappa shape index (κ1) is 17.9. The molecule has 1 rings (SSSR count). The summed E-state index contributed by atoms with van der Waals surface area (Å²) in [7, 11) is 0. The Labute approximate surface area is 124 Å². The van der Waals surface area contributed by atoms with Crippen LogP contribution in [0, 0.1) is 0 Å². The van der Waals surface area contributed by atoms with Crippen LogP contribution in [0.1, 0.15) is 45.4 Å². The molecule has 7 nitrogen and oxygen atoms in total. The molecule has 0 unspecified atom stereocenters. The van der Waals surface area contributed by atoms with Gasteiger partial charge in [-0.1, -0.05) is 39.0 Å². The summed E-state index contributed by atoms with van der Waals surface area (Å²) >= 11 is 0. The third kappa shape index (κ3) is 5.26. The Morgan fingerprint density at radius 2 is 1.86 bits per heavy atom. The molecule has 21 heavy (non-hydrogen) atoms. The fourth-order valence-electron chi connectivity index (χ4n) is 2.21. The van der Waals surface area contributed by atoms with Crippen molar-refractivity contribution in [3.05, 3.63) is 0 Å². The van der Waals surface area contributed by atoms with Gasteiger partial charge in [0.2, 0.25) is 0 Å². The Bertz CT molecular complexity index is 348. The second-order valence-electron chi connectivity index (χ2n) is 5.34. The van der Waals surface area contributed by atoms with Crippen LogP contribution in [-0.2, 0) is 14.3 Å². The van der Waals surface area contributed by atoms with E-state index in [9.17, 15) is 24.9 Å². The van der Waals surface area contributed by atoms with Gasteiger partial charge < -0.3 is 25.4 Å². The van der Waals surface area contributed by atoms with Crippen LogP contribution in [0.3, 0.4) is 0 Å². The summed E-state index contributed by atoms with van der Waals surface area (Å²) in [6.07, 6.45) is 0.0670. The van der Waals surface area contributed by atoms with E-state index in [2.05, 4.69) is 17.0 Å². The Morgan fingerprint density at radius 3 is 2.43 bits per heavy atom. The molecule has 1 heterocycles. The van der Waals surface area contributed by atoms with Crippen LogP contribution < -0.4 is 5.32 Å². The molecule has 0 aliphatic carbocycles. The highest BCUT2D eigenvalue weighted by molar-refractivity contribution is 5.84. The monoisotopic (exact) mass is 303 g/mol. The van der Waals surface area contributed by atoms with Gasteiger partial charge >= 0.3 is 5.97 Å². The topological polar surface area (TPSA) is 116 Å². The lowest BCUT2D eigenvalue weighted by Gasteiger charge is -2.19. The molecule has 1 amide bonds. The third-order valence-corrected chi connectivity index (χ3v) is 3.56. The van der Waals surface area contributed by atoms with Gasteiger partial charge in [0, 0.05) is 6.54 Å². The molecule has 1 saturated heterocycles. The molecule has 0 saturated carbocycles. The number of amides is 1. The van der Waals surface area contributed by atoms with Crippen LogP contribution >= 0.6 is 0 Å². The van der Waals surface area contributed by atoms with Crippen molar-refractivity contribution in [3.8, 4) is 0 Å². The maximum atomic E-state index is 11.7. The highest BCUT2D eigenvalue weighted by Crippen LogP contribution is 2.19. The second kappa shape index (κ2) is 8.96. The first-order valence-corrected chi connectivity index (χ1v) is 7.51. The van der Waals surface area contributed by atoms with Crippen LogP contribution in [0.4, 0.5) is 0 Å². The summed E-state index contributed by atoms with van der Waals surface area (Å²) in [6, 6.07) is 0. The Morgan fingerprint density at radius 1 is 1.24 bits per heavy atom. The average Bonchev–Trinajstić information content (AvgIpc) is 2.73. The van der Waals surface area contributed by atoms with Crippen molar-refractivity contribution < 1.29 is 29.6 Å². The molecule has 7 heteroatoms. The molecule has 0 spiro atoms. The van der Waals surface area contributed by atoms with Gasteiger partial charge in [-0.25, -0.2) is 4.79 Å². The molecule has 0 aromatic rings. The minimum Gasteiger partial charge on any atom is -0.454 e. The van der Waals surface area contributed by atoms with E-state index in [1.807, 2.05) is 0 Å². The van der Waals surface area contributed by atoms with E-state index >= 15 is 0 Å². The number of hydrogen-bond acceptors (Lipinski definition) is 6. The number of ether oxygens (including phenoxy) is 1. The van der Waals surface area contributed by atoms with Gasteiger partial charge in [-0.15, -0.1) is 0 Å². The molecule has 1 aliphatic rings. The van der Waals surface area contributed by atoms with Crippen molar-refractivity contribution >= 4 is 11.9 Å². The predicted molar refractivity (Wildman–Crippen MR) is 74.3 cm³/mol. The number of cyclic esters (lactones) is 1. The lowest BCUT2D eigenvalue weighted by atomic mass is 10.1. The van der Waals surface area contributed by atoms with Gasteiger partial charge in [0.25, 0.3) is 5.91 Å². The molecular formula is C14H25NO6. The molecule has 122 valence electrons. The van der Waals surface area contributed by atoms with E-state index < -0.39 is 36.3 Å². The van der Waals surface area contributed by atoms with E-state index in [1.165, 1.54) is 19.3 Å². The SMILES string of the molecule is CCCCCCCCNC(=O)[C@H](O)[C@H]1OC(=O)[C@@H](O)[C@H]1O. The van der Waals surface area contributed by atoms with Gasteiger partial charge in [0.15, 0.2) is 18.3 Å². The number of rotatable bonds is 9. The van der Waals surface area contributed by atoms with Crippen molar-refractivity contribution in [3.63, 3.8) is 0 Å². The molecule has 4 N–H and O–H groups in total. The quantitative estimate of drug-likeness (QED) is 0.336. The van der Waals surface area contributed by atoms with E-state index in [1.54, 1.807) is 0 Å². The van der Waals surface area contributed by atoms with Crippen molar-refractivity contribution in [1.82, 2.24) is 5.32 Å². The van der Waals surface area contributed by atoms with Crippen molar-refractivity contribution in [2.24, 2.45) is 0 Å². The second-order valence-corrected chi connectivity index (χ2v) is 5.34. The molecule has 1 aliphatic heterocycles. The summed E-state index contributed by atoms with van der Waals surface area (Å²) in [6.45, 7) is 2.56. The zero-order valence-electron chi connectivity index (χ0n) is 12.3. The Kier molecular flexibility index (Phi) is 7.63. The van der Waals surface area contributed by atoms with Crippen molar-refractivity contribution in [1.29, 1.82) is 0 Å². The number of hydrogen-bond donors (Lipinski definition) is 4. The Hall–Kier alpha value is -1.18. The average molecular weight is 303 g/mol. The van der Waals surface area contributed by atoms with Crippen LogP contribution in [-0.4, -0.2) is 58.2 Å². The summed E-state index contributed by atoms with van der Waals surface area (Å²) < 4.78 is 4.59. The Balaban J connectivity index is 2.21. The molecule has 0 bridgehead atoms. The van der Waals surface area contributed by atoms with Gasteiger partial charge in [0.1, 0.15) is 6.10 Å². The number of carbonyl (C=O) groups excluding carboxylic acids is 2. The number of aliphatic hydroxyl groups is 3. The first-order valence-electron chi connectivity index (χ1n) is 7.51. The molecule has 0 aromatic carbocycles. The molecule has 0 radical (unpaired) electrons. The largest absolute Gasteiger partial charge is 0.454 e. The predicted octanol–water partition coefficient (Wildman–Crippen LogP) is -0.529. The fourth-order valence-corrected chi connectivity index (χ4v) is 2.21. The molecular weight excluding hydrogens is 278 g/mol. The number of esters is 1. The van der Waals surface area contributed by atoms with Gasteiger partial charge in [-0.3, -0.25) is 4.79 Å². The third-order valence-electron chi connectivity index (χ3n) is 3.56. The van der Waals surface area contributed by atoms with E-state index in [0.29, 0.717) is 6.54 Å². The summed E-state index contributed by atoms with van der Waals surface area (Å²) in [5.74, 6) is -1.75. The van der Waals surface area contributed by atoms with Crippen LogP contribution in [0.5, 0.6) is 0 Å². The van der Waals surface area contributed by atoms with Crippen molar-refractivity contribution in [2.75, 3.05) is 6.54 Å². The minimum absolute atomic E-state index is 0.418. The highest BCUT2D eigenvalue weighted by atomic mass is 16.6. The fraction of sp³-hybridized carbons (Fsp3) is 0.857. The van der Waals surface area contributed by atoms with E-state index in [4.69, 9.17) is 0 Å². The number of unbranched alkanes of at least 4 members (excludes halogenated alkanes) is 5. The number of aliphatic hydroxyl groups excluding tert-OH is 3. The maximum absolute atomic E-state index is 11.7. The van der Waals surface area contributed by atoms with Crippen LogP contribution in [0.25, 0.3) is 0 Å². The van der Waals surface area contributed by atoms with E-state index in [-0.39, 0.29) is 0 Å². The number of carbonyl (C=O) groups is 2. The van der Waals surface area contributed by atoms with Crippen LogP contribution in [0.15, 0.2) is 0 Å². The molecule has 0 aromatic heterocycles. The van der Waals surface area contributed by atoms with Crippen LogP contribution in [0.2, 0.25) is 0 Å². The summed E-state index contributed by atoms with van der Waals surface area (Å²) in [5.41, 5.74) is 0. The van der Waals surface area contributed by atoms with Gasteiger partial charge in [-0.2, -0.15) is 0 Å². The number of nitrogens with one attached hydrogen (secondary N) is 1.